The van der Waals surface area contributed by atoms with Gasteiger partial charge in [0.25, 0.3) is 16.0 Å². The Kier molecular flexibility index (Phi) is 3.00. The standard InChI is InChI=1S/C7H7N5O4S2/c1-12-9-7(8-11-12)10-18(15,16)5-3-2-4(17-5)6(13)14/h2-3H,1H3,(H,9,10)(H,13,14). The van der Waals surface area contributed by atoms with E-state index < -0.39 is 16.0 Å². The van der Waals surface area contributed by atoms with E-state index in [1.807, 2.05) is 0 Å². The third kappa shape index (κ3) is 2.46. The summed E-state index contributed by atoms with van der Waals surface area (Å²) in [7, 11) is -2.40. The van der Waals surface area contributed by atoms with Gasteiger partial charge in [0.2, 0.25) is 0 Å². The lowest BCUT2D eigenvalue weighted by molar-refractivity contribution is 0.0702. The number of anilines is 1. The minimum atomic E-state index is -3.89. The molecule has 0 amide bonds. The van der Waals surface area contributed by atoms with Crippen molar-refractivity contribution in [3.05, 3.63) is 17.0 Å². The number of aromatic nitrogens is 4. The summed E-state index contributed by atoms with van der Waals surface area (Å²) in [6.45, 7) is 0. The number of carboxylic acid groups (broad SMARTS) is 1. The molecular weight excluding hydrogens is 282 g/mol. The number of hydrogen-bond donors (Lipinski definition) is 2. The largest absolute Gasteiger partial charge is 0.477 e. The van der Waals surface area contributed by atoms with E-state index in [4.69, 9.17) is 5.11 Å². The number of rotatable bonds is 4. The summed E-state index contributed by atoms with van der Waals surface area (Å²) in [4.78, 5) is 11.7. The van der Waals surface area contributed by atoms with Crippen molar-refractivity contribution >= 4 is 33.3 Å². The molecule has 96 valence electrons. The fourth-order valence-corrected chi connectivity index (χ4v) is 3.15. The highest BCUT2D eigenvalue weighted by Crippen LogP contribution is 2.22. The molecule has 2 heterocycles. The molecule has 0 atom stereocenters. The van der Waals surface area contributed by atoms with Crippen molar-refractivity contribution in [2.45, 2.75) is 4.21 Å². The van der Waals surface area contributed by atoms with Crippen molar-refractivity contribution in [2.75, 3.05) is 4.72 Å². The molecule has 0 fully saturated rings. The van der Waals surface area contributed by atoms with Gasteiger partial charge in [-0.05, 0) is 17.3 Å². The maximum atomic E-state index is 11.8. The summed E-state index contributed by atoms with van der Waals surface area (Å²) in [6, 6.07) is 2.42. The molecule has 0 saturated heterocycles. The minimum absolute atomic E-state index is 0.0671. The second-order valence-electron chi connectivity index (χ2n) is 3.13. The van der Waals surface area contributed by atoms with Crippen molar-refractivity contribution in [2.24, 2.45) is 7.05 Å². The Morgan fingerprint density at radius 2 is 2.22 bits per heavy atom. The molecule has 9 nitrogen and oxygen atoms in total. The Balaban J connectivity index is 2.27. The van der Waals surface area contributed by atoms with Crippen LogP contribution in [-0.2, 0) is 17.1 Å². The fraction of sp³-hybridized carbons (Fsp3) is 0.143. The maximum absolute atomic E-state index is 11.8. The number of carboxylic acids is 1. The van der Waals surface area contributed by atoms with Crippen LogP contribution < -0.4 is 4.72 Å². The van der Waals surface area contributed by atoms with Crippen LogP contribution in [0.5, 0.6) is 0 Å². The highest BCUT2D eigenvalue weighted by atomic mass is 32.2. The number of thiophene rings is 1. The maximum Gasteiger partial charge on any atom is 0.345 e. The molecule has 2 N–H and O–H groups in total. The first kappa shape index (κ1) is 12.4. The first-order valence-electron chi connectivity index (χ1n) is 4.48. The first-order valence-corrected chi connectivity index (χ1v) is 6.78. The van der Waals surface area contributed by atoms with Gasteiger partial charge >= 0.3 is 5.97 Å². The van der Waals surface area contributed by atoms with Gasteiger partial charge in [0.15, 0.2) is 0 Å². The van der Waals surface area contributed by atoms with Gasteiger partial charge in [-0.2, -0.15) is 4.80 Å². The first-order chi connectivity index (χ1) is 8.38. The van der Waals surface area contributed by atoms with Crippen LogP contribution in [0.1, 0.15) is 9.67 Å². The van der Waals surface area contributed by atoms with Gasteiger partial charge in [0, 0.05) is 0 Å². The van der Waals surface area contributed by atoms with E-state index in [1.54, 1.807) is 0 Å². The number of nitrogens with zero attached hydrogens (tertiary/aromatic N) is 4. The van der Waals surface area contributed by atoms with Gasteiger partial charge in [-0.25, -0.2) is 17.9 Å². The van der Waals surface area contributed by atoms with Gasteiger partial charge in [0.05, 0.1) is 7.05 Å². The molecule has 2 aromatic heterocycles. The Morgan fingerprint density at radius 1 is 1.50 bits per heavy atom. The molecule has 2 rings (SSSR count). The topological polar surface area (TPSA) is 127 Å². The zero-order chi connectivity index (χ0) is 13.3. The fourth-order valence-electron chi connectivity index (χ4n) is 1.07. The molecule has 0 radical (unpaired) electrons. The zero-order valence-corrected chi connectivity index (χ0v) is 10.6. The molecule has 0 saturated carbocycles. The molecular formula is C7H7N5O4S2. The van der Waals surface area contributed by atoms with Gasteiger partial charge in [-0.1, -0.05) is 5.10 Å². The highest BCUT2D eigenvalue weighted by Gasteiger charge is 2.20. The molecule has 11 heteroatoms. The Morgan fingerprint density at radius 3 is 2.72 bits per heavy atom. The molecule has 0 aliphatic heterocycles. The predicted octanol–water partition coefficient (Wildman–Crippen LogP) is -0.229. The summed E-state index contributed by atoms with van der Waals surface area (Å²) < 4.78 is 25.6. The van der Waals surface area contributed by atoms with Crippen molar-refractivity contribution < 1.29 is 18.3 Å². The van der Waals surface area contributed by atoms with Gasteiger partial charge < -0.3 is 5.11 Å². The van der Waals surface area contributed by atoms with E-state index in [1.165, 1.54) is 19.2 Å². The van der Waals surface area contributed by atoms with Crippen LogP contribution in [0.15, 0.2) is 16.3 Å². The Bertz CT molecular complexity index is 688. The highest BCUT2D eigenvalue weighted by molar-refractivity contribution is 7.94. The van der Waals surface area contributed by atoms with Crippen LogP contribution in [-0.4, -0.2) is 39.7 Å². The number of carbonyl (C=O) groups is 1. The van der Waals surface area contributed by atoms with E-state index in [0.717, 1.165) is 4.80 Å². The molecule has 2 aromatic rings. The van der Waals surface area contributed by atoms with Gasteiger partial charge in [-0.15, -0.1) is 16.4 Å². The Labute approximate surface area is 105 Å². The van der Waals surface area contributed by atoms with Crippen LogP contribution in [0, 0.1) is 0 Å². The smallest absolute Gasteiger partial charge is 0.345 e. The number of tetrazole rings is 1. The van der Waals surface area contributed by atoms with Crippen molar-refractivity contribution in [1.82, 2.24) is 20.2 Å². The zero-order valence-electron chi connectivity index (χ0n) is 8.93. The summed E-state index contributed by atoms with van der Waals surface area (Å²) >= 11 is 0.641. The number of hydrogen-bond acceptors (Lipinski definition) is 7. The number of nitrogens with one attached hydrogen (secondary N) is 1. The molecule has 18 heavy (non-hydrogen) atoms. The monoisotopic (exact) mass is 289 g/mol. The van der Waals surface area contributed by atoms with Crippen LogP contribution in [0.2, 0.25) is 0 Å². The summed E-state index contributed by atoms with van der Waals surface area (Å²) in [5.74, 6) is -1.36. The van der Waals surface area contributed by atoms with Crippen LogP contribution >= 0.6 is 11.3 Å². The van der Waals surface area contributed by atoms with Crippen molar-refractivity contribution in [3.63, 3.8) is 0 Å². The molecule has 0 aromatic carbocycles. The van der Waals surface area contributed by atoms with E-state index in [9.17, 15) is 13.2 Å². The predicted molar refractivity (Wildman–Crippen MR) is 60.9 cm³/mol. The molecule has 0 bridgehead atoms. The average Bonchev–Trinajstić information content (AvgIpc) is 2.86. The number of aryl methyl sites for hydroxylation is 1. The van der Waals surface area contributed by atoms with E-state index in [0.29, 0.717) is 11.3 Å². The van der Waals surface area contributed by atoms with Crippen LogP contribution in [0.4, 0.5) is 5.95 Å². The van der Waals surface area contributed by atoms with E-state index in [-0.39, 0.29) is 15.0 Å². The summed E-state index contributed by atoms with van der Waals surface area (Å²) in [5.41, 5.74) is 0. The third-order valence-corrected chi connectivity index (χ3v) is 4.68. The van der Waals surface area contributed by atoms with Gasteiger partial charge in [-0.3, -0.25) is 0 Å². The average molecular weight is 289 g/mol. The van der Waals surface area contributed by atoms with Crippen molar-refractivity contribution in [3.8, 4) is 0 Å². The Hall–Kier alpha value is -2.01. The third-order valence-electron chi connectivity index (χ3n) is 1.79. The number of aromatic carboxylic acids is 1. The SMILES string of the molecule is Cn1nnc(NS(=O)(=O)c2ccc(C(=O)O)s2)n1. The molecule has 0 spiro atoms. The lowest BCUT2D eigenvalue weighted by atomic mass is 10.5. The lowest BCUT2D eigenvalue weighted by Crippen LogP contribution is -2.12. The molecule has 0 aliphatic rings. The van der Waals surface area contributed by atoms with Gasteiger partial charge in [0.1, 0.15) is 9.09 Å². The van der Waals surface area contributed by atoms with E-state index >= 15 is 0 Å². The number of sulfonamides is 1. The molecule has 0 aliphatic carbocycles. The van der Waals surface area contributed by atoms with E-state index in [2.05, 4.69) is 20.1 Å². The second-order valence-corrected chi connectivity index (χ2v) is 6.12. The summed E-state index contributed by atoms with van der Waals surface area (Å²) in [5, 5.41) is 19.3. The quantitative estimate of drug-likeness (QED) is 0.795. The van der Waals surface area contributed by atoms with Crippen molar-refractivity contribution in [1.29, 1.82) is 0 Å². The normalized spacial score (nSPS) is 11.4. The second kappa shape index (κ2) is 4.34. The van der Waals surface area contributed by atoms with Crippen LogP contribution in [0.3, 0.4) is 0 Å². The van der Waals surface area contributed by atoms with Crippen LogP contribution in [0.25, 0.3) is 0 Å². The molecule has 0 unspecified atom stereocenters. The lowest BCUT2D eigenvalue weighted by Gasteiger charge is -1.99. The summed E-state index contributed by atoms with van der Waals surface area (Å²) in [6.07, 6.45) is 0. The minimum Gasteiger partial charge on any atom is -0.477 e.